The van der Waals surface area contributed by atoms with Gasteiger partial charge in [-0.1, -0.05) is 19.2 Å². The average Bonchev–Trinajstić information content (AvgIpc) is 2.34. The molecule has 0 atom stereocenters. The number of carboxylic acids is 1. The summed E-state index contributed by atoms with van der Waals surface area (Å²) in [6.45, 7) is 11.7. The van der Waals surface area contributed by atoms with Crippen molar-refractivity contribution in [2.75, 3.05) is 0 Å². The van der Waals surface area contributed by atoms with Gasteiger partial charge in [0.25, 0.3) is 11.8 Å². The lowest BCUT2D eigenvalue weighted by Crippen LogP contribution is -2.41. The molecule has 5 heteroatoms. The average molecular weight is 265 g/mol. The zero-order valence-electron chi connectivity index (χ0n) is 11.5. The van der Waals surface area contributed by atoms with Crippen LogP contribution in [0.3, 0.4) is 0 Å². The van der Waals surface area contributed by atoms with Gasteiger partial charge >= 0.3 is 5.97 Å². The van der Waals surface area contributed by atoms with E-state index >= 15 is 0 Å². The number of hydrogen-bond donors (Lipinski definition) is 1. The van der Waals surface area contributed by atoms with E-state index in [1.165, 1.54) is 13.0 Å². The molecule has 0 aromatic rings. The van der Waals surface area contributed by atoms with Crippen LogP contribution in [0.15, 0.2) is 36.5 Å². The van der Waals surface area contributed by atoms with Gasteiger partial charge in [-0.05, 0) is 33.3 Å². The molecule has 19 heavy (non-hydrogen) atoms. The van der Waals surface area contributed by atoms with Crippen LogP contribution in [0.2, 0.25) is 0 Å². The first kappa shape index (κ1) is 16.8. The third-order valence-corrected chi connectivity index (χ3v) is 2.44. The van der Waals surface area contributed by atoms with Crippen molar-refractivity contribution in [1.82, 2.24) is 4.90 Å². The van der Waals surface area contributed by atoms with Crippen LogP contribution in [0.4, 0.5) is 0 Å². The lowest BCUT2D eigenvalue weighted by molar-refractivity contribution is -0.141. The molecular formula is C14H19NO4. The van der Waals surface area contributed by atoms with Gasteiger partial charge in [0, 0.05) is 17.2 Å². The molecule has 0 fully saturated rings. The summed E-state index contributed by atoms with van der Waals surface area (Å²) in [6, 6.07) is -0.302. The van der Waals surface area contributed by atoms with Gasteiger partial charge in [-0.3, -0.25) is 14.5 Å². The summed E-state index contributed by atoms with van der Waals surface area (Å²) in [5.74, 6) is -2.05. The first-order valence-electron chi connectivity index (χ1n) is 5.80. The largest absolute Gasteiger partial charge is 0.478 e. The predicted octanol–water partition coefficient (Wildman–Crippen LogP) is 1.91. The Morgan fingerprint density at radius 3 is 2.21 bits per heavy atom. The maximum atomic E-state index is 12.1. The summed E-state index contributed by atoms with van der Waals surface area (Å²) in [7, 11) is 0. The molecule has 0 unspecified atom stereocenters. The number of allylic oxidation sites excluding steroid dienone is 1. The molecule has 0 aliphatic heterocycles. The number of carbonyl (C=O) groups is 3. The van der Waals surface area contributed by atoms with Crippen molar-refractivity contribution >= 4 is 17.8 Å². The SMILES string of the molecule is C=CC(=O)N(C(=O)C(C)=CCC(=C)C(=O)O)C(C)C. The fraction of sp³-hybridized carbons (Fsp3) is 0.357. The quantitative estimate of drug-likeness (QED) is 0.744. The number of carboxylic acid groups (broad SMARTS) is 1. The number of nitrogens with zero attached hydrogens (tertiary/aromatic N) is 1. The number of imide groups is 1. The Kier molecular flexibility index (Phi) is 6.47. The summed E-state index contributed by atoms with van der Waals surface area (Å²) in [6.07, 6.45) is 2.58. The van der Waals surface area contributed by atoms with E-state index in [0.717, 1.165) is 11.0 Å². The van der Waals surface area contributed by atoms with Gasteiger partial charge < -0.3 is 5.11 Å². The number of rotatable bonds is 6. The molecule has 0 aromatic carbocycles. The van der Waals surface area contributed by atoms with Crippen LogP contribution in [0, 0.1) is 0 Å². The van der Waals surface area contributed by atoms with Crippen molar-refractivity contribution in [2.45, 2.75) is 33.2 Å². The molecule has 0 saturated heterocycles. The summed E-state index contributed by atoms with van der Waals surface area (Å²) in [4.78, 5) is 35.3. The van der Waals surface area contributed by atoms with Gasteiger partial charge in [-0.15, -0.1) is 0 Å². The molecule has 0 saturated carbocycles. The maximum absolute atomic E-state index is 12.1. The summed E-state index contributed by atoms with van der Waals surface area (Å²) in [5, 5.41) is 8.67. The number of hydrogen-bond acceptors (Lipinski definition) is 3. The van der Waals surface area contributed by atoms with Crippen molar-refractivity contribution < 1.29 is 19.5 Å². The minimum atomic E-state index is -1.11. The van der Waals surface area contributed by atoms with E-state index < -0.39 is 17.8 Å². The maximum Gasteiger partial charge on any atom is 0.331 e. The lowest BCUT2D eigenvalue weighted by Gasteiger charge is -2.23. The van der Waals surface area contributed by atoms with Crippen LogP contribution in [0.5, 0.6) is 0 Å². The lowest BCUT2D eigenvalue weighted by atomic mass is 10.1. The zero-order valence-corrected chi connectivity index (χ0v) is 11.5. The third-order valence-electron chi connectivity index (χ3n) is 2.44. The van der Waals surface area contributed by atoms with Crippen LogP contribution in [-0.2, 0) is 14.4 Å². The topological polar surface area (TPSA) is 74.7 Å². The van der Waals surface area contributed by atoms with Crippen molar-refractivity contribution in [3.8, 4) is 0 Å². The first-order chi connectivity index (χ1) is 8.72. The second-order valence-electron chi connectivity index (χ2n) is 4.31. The highest BCUT2D eigenvalue weighted by Gasteiger charge is 2.23. The highest BCUT2D eigenvalue weighted by Crippen LogP contribution is 2.10. The van der Waals surface area contributed by atoms with Crippen LogP contribution in [-0.4, -0.2) is 33.8 Å². The number of carbonyl (C=O) groups excluding carboxylic acids is 2. The van der Waals surface area contributed by atoms with Crippen molar-refractivity contribution in [2.24, 2.45) is 0 Å². The molecule has 0 heterocycles. The van der Waals surface area contributed by atoms with Crippen LogP contribution >= 0.6 is 0 Å². The zero-order chi connectivity index (χ0) is 15.2. The van der Waals surface area contributed by atoms with Crippen molar-refractivity contribution in [3.05, 3.63) is 36.5 Å². The van der Waals surface area contributed by atoms with E-state index in [2.05, 4.69) is 13.2 Å². The van der Waals surface area contributed by atoms with E-state index in [1.54, 1.807) is 13.8 Å². The van der Waals surface area contributed by atoms with Gasteiger partial charge in [0.15, 0.2) is 0 Å². The fourth-order valence-electron chi connectivity index (χ4n) is 1.33. The van der Waals surface area contributed by atoms with Crippen molar-refractivity contribution in [1.29, 1.82) is 0 Å². The minimum absolute atomic E-state index is 0.0155. The molecule has 2 amide bonds. The third kappa shape index (κ3) is 4.91. The Hall–Kier alpha value is -2.17. The molecule has 0 aromatic heterocycles. The molecule has 0 rings (SSSR count). The summed E-state index contributed by atoms with van der Waals surface area (Å²) < 4.78 is 0. The highest BCUT2D eigenvalue weighted by atomic mass is 16.4. The Bertz CT molecular complexity index is 446. The van der Waals surface area contributed by atoms with E-state index in [9.17, 15) is 14.4 Å². The van der Waals surface area contributed by atoms with E-state index in [4.69, 9.17) is 5.11 Å². The second-order valence-corrected chi connectivity index (χ2v) is 4.31. The number of amides is 2. The normalized spacial score (nSPS) is 11.1. The van der Waals surface area contributed by atoms with Crippen LogP contribution in [0.25, 0.3) is 0 Å². The van der Waals surface area contributed by atoms with Gasteiger partial charge in [0.2, 0.25) is 0 Å². The Balaban J connectivity index is 5.01. The Morgan fingerprint density at radius 1 is 1.32 bits per heavy atom. The van der Waals surface area contributed by atoms with E-state index in [-0.39, 0.29) is 18.0 Å². The Labute approximate surface area is 112 Å². The van der Waals surface area contributed by atoms with Gasteiger partial charge in [-0.2, -0.15) is 0 Å². The molecular weight excluding hydrogens is 246 g/mol. The molecule has 0 bridgehead atoms. The molecule has 0 radical (unpaired) electrons. The molecule has 0 aliphatic carbocycles. The number of aliphatic carboxylic acids is 1. The van der Waals surface area contributed by atoms with E-state index in [0.29, 0.717) is 5.57 Å². The minimum Gasteiger partial charge on any atom is -0.478 e. The molecule has 104 valence electrons. The standard InChI is InChI=1S/C14H19NO4/c1-6-12(16)15(9(2)3)13(17)10(4)7-8-11(5)14(18)19/h6-7,9H,1,5,8H2,2-4H3,(H,18,19). The van der Waals surface area contributed by atoms with Crippen LogP contribution in [0.1, 0.15) is 27.2 Å². The van der Waals surface area contributed by atoms with Gasteiger partial charge in [0.05, 0.1) is 0 Å². The summed E-state index contributed by atoms with van der Waals surface area (Å²) in [5.41, 5.74) is 0.282. The van der Waals surface area contributed by atoms with Gasteiger partial charge in [0.1, 0.15) is 0 Å². The van der Waals surface area contributed by atoms with E-state index in [1.807, 2.05) is 0 Å². The highest BCUT2D eigenvalue weighted by molar-refractivity contribution is 6.07. The first-order valence-corrected chi connectivity index (χ1v) is 5.80. The molecule has 0 aliphatic rings. The Morgan fingerprint density at radius 2 is 1.84 bits per heavy atom. The molecule has 1 N–H and O–H groups in total. The summed E-state index contributed by atoms with van der Waals surface area (Å²) >= 11 is 0. The fourth-order valence-corrected chi connectivity index (χ4v) is 1.33. The van der Waals surface area contributed by atoms with Gasteiger partial charge in [-0.25, -0.2) is 4.79 Å². The smallest absolute Gasteiger partial charge is 0.331 e. The second kappa shape index (κ2) is 7.31. The predicted molar refractivity (Wildman–Crippen MR) is 72.3 cm³/mol. The molecule has 0 spiro atoms. The monoisotopic (exact) mass is 265 g/mol. The van der Waals surface area contributed by atoms with Crippen LogP contribution < -0.4 is 0 Å². The van der Waals surface area contributed by atoms with Crippen molar-refractivity contribution in [3.63, 3.8) is 0 Å². The molecule has 5 nitrogen and oxygen atoms in total.